The number of carbonyl (C=O) groups excluding carboxylic acids is 2. The van der Waals surface area contributed by atoms with Gasteiger partial charge in [-0.15, -0.1) is 0 Å². The Balaban J connectivity index is 4.44. The molecular formula is C39H72NO10P. The average Bonchev–Trinajstić information content (AvgIpc) is 3.10. The number of carboxylic acid groups (broad SMARTS) is 1. The van der Waals surface area contributed by atoms with Crippen molar-refractivity contribution in [3.05, 3.63) is 24.3 Å². The summed E-state index contributed by atoms with van der Waals surface area (Å²) in [6.45, 7) is 2.73. The van der Waals surface area contributed by atoms with E-state index >= 15 is 0 Å². The van der Waals surface area contributed by atoms with E-state index in [2.05, 4.69) is 42.7 Å². The molecule has 0 aromatic heterocycles. The maximum atomic E-state index is 12.5. The molecule has 0 spiro atoms. The summed E-state index contributed by atoms with van der Waals surface area (Å²) in [5.74, 6) is -2.42. The molecule has 0 saturated heterocycles. The lowest BCUT2D eigenvalue weighted by Crippen LogP contribution is -2.34. The number of unbranched alkanes of at least 4 members (excludes halogenated alkanes) is 19. The van der Waals surface area contributed by atoms with Gasteiger partial charge in [0.1, 0.15) is 12.6 Å². The summed E-state index contributed by atoms with van der Waals surface area (Å²) in [5.41, 5.74) is 5.31. The molecule has 298 valence electrons. The van der Waals surface area contributed by atoms with Gasteiger partial charge in [0.15, 0.2) is 6.10 Å². The predicted octanol–water partition coefficient (Wildman–Crippen LogP) is 9.89. The number of aliphatic carboxylic acids is 1. The molecule has 0 aliphatic carbocycles. The number of carbonyl (C=O) groups is 3. The number of allylic oxidation sites excluding steroid dienone is 4. The van der Waals surface area contributed by atoms with Gasteiger partial charge in [-0.3, -0.25) is 23.4 Å². The standard InChI is InChI=1S/C39H72NO10P/c1-3-5-7-9-11-13-15-17-18-19-21-22-24-26-28-30-37(41)47-32-35(33-48-51(45,46)49-34-36(40)39(43)44)50-38(42)31-29-27-25-23-20-16-14-12-10-8-6-4-2/h12,14,21-22,35-36H,3-11,13,15-20,23-34,40H2,1-2H3,(H,43,44)(H,45,46)/b14-12+,22-21+/t35-,36+/m1/s1. The van der Waals surface area contributed by atoms with Crippen LogP contribution in [-0.2, 0) is 37.5 Å². The molecule has 12 heteroatoms. The minimum atomic E-state index is -4.71. The van der Waals surface area contributed by atoms with E-state index in [0.717, 1.165) is 57.8 Å². The lowest BCUT2D eigenvalue weighted by atomic mass is 10.1. The molecule has 0 saturated carbocycles. The predicted molar refractivity (Wildman–Crippen MR) is 203 cm³/mol. The number of phosphoric ester groups is 1. The zero-order valence-corrected chi connectivity index (χ0v) is 32.8. The molecule has 11 nitrogen and oxygen atoms in total. The molecule has 51 heavy (non-hydrogen) atoms. The lowest BCUT2D eigenvalue weighted by Gasteiger charge is -2.20. The van der Waals surface area contributed by atoms with Crippen LogP contribution in [0.5, 0.6) is 0 Å². The summed E-state index contributed by atoms with van der Waals surface area (Å²) < 4.78 is 32.5. The van der Waals surface area contributed by atoms with Crippen LogP contribution in [0.15, 0.2) is 24.3 Å². The first-order valence-corrected chi connectivity index (χ1v) is 21.4. The number of hydrogen-bond acceptors (Lipinski definition) is 9. The van der Waals surface area contributed by atoms with Crippen molar-refractivity contribution in [2.75, 3.05) is 19.8 Å². The highest BCUT2D eigenvalue weighted by atomic mass is 31.2. The van der Waals surface area contributed by atoms with Crippen LogP contribution in [-0.4, -0.2) is 59.9 Å². The molecule has 0 aliphatic heterocycles. The third-order valence-electron chi connectivity index (χ3n) is 8.42. The molecule has 0 aliphatic rings. The van der Waals surface area contributed by atoms with Crippen LogP contribution in [0.1, 0.15) is 174 Å². The normalized spacial score (nSPS) is 14.1. The zero-order chi connectivity index (χ0) is 37.8. The second kappa shape index (κ2) is 35.0. The summed E-state index contributed by atoms with van der Waals surface area (Å²) in [6, 6.07) is -1.52. The Morgan fingerprint density at radius 1 is 0.588 bits per heavy atom. The van der Waals surface area contributed by atoms with Crippen LogP contribution >= 0.6 is 7.82 Å². The van der Waals surface area contributed by atoms with Crippen molar-refractivity contribution < 1.29 is 47.5 Å². The molecule has 0 radical (unpaired) electrons. The highest BCUT2D eigenvalue weighted by Crippen LogP contribution is 2.43. The van der Waals surface area contributed by atoms with E-state index in [4.69, 9.17) is 24.8 Å². The van der Waals surface area contributed by atoms with Gasteiger partial charge in [-0.25, -0.2) is 4.57 Å². The Kier molecular flexibility index (Phi) is 33.6. The largest absolute Gasteiger partial charge is 0.480 e. The van der Waals surface area contributed by atoms with Gasteiger partial charge in [0.05, 0.1) is 13.2 Å². The van der Waals surface area contributed by atoms with Gasteiger partial charge < -0.3 is 25.2 Å². The van der Waals surface area contributed by atoms with E-state index in [1.54, 1.807) is 0 Å². The number of ether oxygens (including phenoxy) is 2. The molecule has 0 aromatic rings. The van der Waals surface area contributed by atoms with Gasteiger partial charge in [-0.05, 0) is 64.2 Å². The Hall–Kier alpha value is -2.04. The van der Waals surface area contributed by atoms with Gasteiger partial charge in [0, 0.05) is 12.8 Å². The highest BCUT2D eigenvalue weighted by molar-refractivity contribution is 7.47. The summed E-state index contributed by atoms with van der Waals surface area (Å²) in [5, 5.41) is 8.86. The van der Waals surface area contributed by atoms with Gasteiger partial charge in [0.2, 0.25) is 0 Å². The second-order valence-electron chi connectivity index (χ2n) is 13.4. The highest BCUT2D eigenvalue weighted by Gasteiger charge is 2.28. The van der Waals surface area contributed by atoms with Crippen LogP contribution in [0.25, 0.3) is 0 Å². The van der Waals surface area contributed by atoms with Crippen molar-refractivity contribution in [2.24, 2.45) is 5.73 Å². The SMILES string of the molecule is CCCCC/C=C/CCCCCCCC(=O)O[C@H](COC(=O)CCCC/C=C/CCCCCCCCCCC)COP(=O)(O)OC[C@H](N)C(=O)O. The van der Waals surface area contributed by atoms with E-state index in [-0.39, 0.29) is 19.4 Å². The first-order chi connectivity index (χ1) is 24.6. The van der Waals surface area contributed by atoms with E-state index in [1.165, 1.54) is 77.0 Å². The van der Waals surface area contributed by atoms with Crippen LogP contribution < -0.4 is 5.73 Å². The van der Waals surface area contributed by atoms with Crippen LogP contribution in [0.4, 0.5) is 0 Å². The van der Waals surface area contributed by atoms with Gasteiger partial charge in [-0.1, -0.05) is 122 Å². The van der Waals surface area contributed by atoms with Gasteiger partial charge >= 0.3 is 25.7 Å². The topological polar surface area (TPSA) is 172 Å². The smallest absolute Gasteiger partial charge is 0.472 e. The molecule has 3 atom stereocenters. The van der Waals surface area contributed by atoms with E-state index in [0.29, 0.717) is 12.8 Å². The average molecular weight is 746 g/mol. The van der Waals surface area contributed by atoms with Crippen molar-refractivity contribution in [1.29, 1.82) is 0 Å². The lowest BCUT2D eigenvalue weighted by molar-refractivity contribution is -0.161. The summed E-state index contributed by atoms with van der Waals surface area (Å²) in [4.78, 5) is 45.7. The van der Waals surface area contributed by atoms with Crippen LogP contribution in [0.2, 0.25) is 0 Å². The number of nitrogens with two attached hydrogens (primary N) is 1. The number of carboxylic acids is 1. The van der Waals surface area contributed by atoms with Gasteiger partial charge in [0.25, 0.3) is 0 Å². The van der Waals surface area contributed by atoms with Crippen molar-refractivity contribution in [3.63, 3.8) is 0 Å². The Labute approximate surface area is 309 Å². The number of phosphoric acid groups is 1. The molecule has 0 bridgehead atoms. The maximum Gasteiger partial charge on any atom is 0.472 e. The van der Waals surface area contributed by atoms with Crippen molar-refractivity contribution >= 4 is 25.7 Å². The Morgan fingerprint density at radius 2 is 0.980 bits per heavy atom. The van der Waals surface area contributed by atoms with E-state index < -0.39 is 51.1 Å². The molecular weight excluding hydrogens is 673 g/mol. The van der Waals surface area contributed by atoms with E-state index in [1.807, 2.05) is 0 Å². The number of hydrogen-bond donors (Lipinski definition) is 3. The second-order valence-corrected chi connectivity index (χ2v) is 14.9. The quantitative estimate of drug-likeness (QED) is 0.0239. The monoisotopic (exact) mass is 745 g/mol. The first-order valence-electron chi connectivity index (χ1n) is 19.9. The third-order valence-corrected chi connectivity index (χ3v) is 9.37. The molecule has 4 N–H and O–H groups in total. The number of esters is 2. The van der Waals surface area contributed by atoms with Crippen molar-refractivity contribution in [3.8, 4) is 0 Å². The molecule has 0 amide bonds. The van der Waals surface area contributed by atoms with E-state index in [9.17, 15) is 23.8 Å². The molecule has 0 rings (SSSR count). The number of rotatable bonds is 37. The Morgan fingerprint density at radius 3 is 1.51 bits per heavy atom. The minimum Gasteiger partial charge on any atom is -0.480 e. The van der Waals surface area contributed by atoms with Gasteiger partial charge in [-0.2, -0.15) is 0 Å². The fourth-order valence-electron chi connectivity index (χ4n) is 5.23. The summed E-state index contributed by atoms with van der Waals surface area (Å²) >= 11 is 0. The van der Waals surface area contributed by atoms with Crippen LogP contribution in [0, 0.1) is 0 Å². The minimum absolute atomic E-state index is 0.148. The maximum absolute atomic E-state index is 12.5. The summed E-state index contributed by atoms with van der Waals surface area (Å²) in [7, 11) is -4.71. The molecule has 0 heterocycles. The molecule has 1 unspecified atom stereocenters. The third kappa shape index (κ3) is 34.8. The zero-order valence-electron chi connectivity index (χ0n) is 31.9. The fraction of sp³-hybridized carbons (Fsp3) is 0.821. The van der Waals surface area contributed by atoms with Crippen LogP contribution in [0.3, 0.4) is 0 Å². The van der Waals surface area contributed by atoms with Crippen molar-refractivity contribution in [1.82, 2.24) is 0 Å². The molecule has 0 fully saturated rings. The Bertz CT molecular complexity index is 974. The summed E-state index contributed by atoms with van der Waals surface area (Å²) in [6.07, 6.45) is 33.9. The first kappa shape index (κ1) is 49.0. The van der Waals surface area contributed by atoms with Crippen molar-refractivity contribution in [2.45, 2.75) is 187 Å². The fourth-order valence-corrected chi connectivity index (χ4v) is 6.01. The molecule has 0 aromatic carbocycles.